The molecule has 0 aliphatic carbocycles. The minimum atomic E-state index is 0.931. The van der Waals surface area contributed by atoms with E-state index in [0.29, 0.717) is 0 Å². The zero-order chi connectivity index (χ0) is 14.9. The predicted octanol–water partition coefficient (Wildman–Crippen LogP) is 5.64. The van der Waals surface area contributed by atoms with Crippen molar-refractivity contribution in [2.75, 3.05) is 11.4 Å². The highest BCUT2D eigenvalue weighted by Crippen LogP contribution is 2.31. The third-order valence-electron chi connectivity index (χ3n) is 4.19. The van der Waals surface area contributed by atoms with Crippen LogP contribution in [0.4, 0.5) is 5.69 Å². The van der Waals surface area contributed by atoms with E-state index in [1.54, 1.807) is 0 Å². The van der Waals surface area contributed by atoms with Crippen molar-refractivity contribution in [1.29, 1.82) is 0 Å². The monoisotopic (exact) mass is 349 g/mol. The summed E-state index contributed by atoms with van der Waals surface area (Å²) in [5.74, 6) is 0. The molecule has 0 bridgehead atoms. The van der Waals surface area contributed by atoms with Crippen LogP contribution in [0.25, 0.3) is 16.8 Å². The van der Waals surface area contributed by atoms with E-state index in [1.807, 2.05) is 0 Å². The molecule has 0 saturated carbocycles. The Morgan fingerprint density at radius 1 is 0.955 bits per heavy atom. The molecule has 3 aromatic carbocycles. The Balaban J connectivity index is 1.74. The maximum Gasteiger partial charge on any atom is 0.0446 e. The van der Waals surface area contributed by atoms with Crippen LogP contribution in [-0.2, 0) is 6.54 Å². The quantitative estimate of drug-likeness (QED) is 0.578. The van der Waals surface area contributed by atoms with Crippen LogP contribution >= 0.6 is 15.9 Å². The Hall–Kier alpha value is -2.06. The second-order valence-electron chi connectivity index (χ2n) is 5.62. The first-order valence-electron chi connectivity index (χ1n) is 7.49. The Labute approximate surface area is 139 Å². The molecule has 1 nitrogen and oxygen atoms in total. The normalized spacial score (nSPS) is 13.4. The number of rotatable bonds is 2. The van der Waals surface area contributed by atoms with Crippen LogP contribution in [0.5, 0.6) is 0 Å². The van der Waals surface area contributed by atoms with Crippen LogP contribution in [0.3, 0.4) is 0 Å². The summed E-state index contributed by atoms with van der Waals surface area (Å²) in [6, 6.07) is 21.7. The molecule has 0 aromatic heterocycles. The standard InChI is InChI=1S/C20H16BrN/c21-18-10-11-20-16(13-18)8-4-12-22(20)14-17-7-3-6-15-5-1-2-9-19(15)17/h1-11,13H,12,14H2. The third-order valence-corrected chi connectivity index (χ3v) is 4.69. The van der Waals surface area contributed by atoms with E-state index in [1.165, 1.54) is 27.6 Å². The van der Waals surface area contributed by atoms with Crippen molar-refractivity contribution in [2.24, 2.45) is 0 Å². The fraction of sp³-hybridized carbons (Fsp3) is 0.100. The number of halogens is 1. The zero-order valence-corrected chi connectivity index (χ0v) is 13.8. The van der Waals surface area contributed by atoms with Crippen LogP contribution in [-0.4, -0.2) is 6.54 Å². The first kappa shape index (κ1) is 13.6. The summed E-state index contributed by atoms with van der Waals surface area (Å²) in [7, 11) is 0. The summed E-state index contributed by atoms with van der Waals surface area (Å²) < 4.78 is 1.13. The van der Waals surface area contributed by atoms with Gasteiger partial charge in [0.15, 0.2) is 0 Å². The molecule has 22 heavy (non-hydrogen) atoms. The molecule has 0 fully saturated rings. The molecule has 0 radical (unpaired) electrons. The first-order chi connectivity index (χ1) is 10.8. The highest BCUT2D eigenvalue weighted by atomic mass is 79.9. The topological polar surface area (TPSA) is 3.24 Å². The fourth-order valence-electron chi connectivity index (χ4n) is 3.14. The van der Waals surface area contributed by atoms with Crippen LogP contribution in [0, 0.1) is 0 Å². The number of nitrogens with zero attached hydrogens (tertiary/aromatic N) is 1. The Morgan fingerprint density at radius 2 is 1.82 bits per heavy atom. The fourth-order valence-corrected chi connectivity index (χ4v) is 3.52. The largest absolute Gasteiger partial charge is 0.363 e. The molecule has 0 N–H and O–H groups in total. The van der Waals surface area contributed by atoms with Crippen molar-refractivity contribution < 1.29 is 0 Å². The van der Waals surface area contributed by atoms with Crippen molar-refractivity contribution in [2.45, 2.75) is 6.54 Å². The van der Waals surface area contributed by atoms with Gasteiger partial charge in [-0.05, 0) is 40.1 Å². The van der Waals surface area contributed by atoms with Crippen molar-refractivity contribution in [3.63, 3.8) is 0 Å². The summed E-state index contributed by atoms with van der Waals surface area (Å²) in [6.07, 6.45) is 4.44. The lowest BCUT2D eigenvalue weighted by atomic mass is 10.0. The van der Waals surface area contributed by atoms with Crippen LogP contribution in [0.2, 0.25) is 0 Å². The van der Waals surface area contributed by atoms with Gasteiger partial charge in [0.05, 0.1) is 0 Å². The molecule has 0 unspecified atom stereocenters. The van der Waals surface area contributed by atoms with Crippen LogP contribution in [0.15, 0.2) is 71.2 Å². The molecule has 0 atom stereocenters. The third kappa shape index (κ3) is 2.44. The van der Waals surface area contributed by atoms with Gasteiger partial charge in [0.2, 0.25) is 0 Å². The van der Waals surface area contributed by atoms with E-state index in [2.05, 4.69) is 93.6 Å². The lowest BCUT2D eigenvalue weighted by Gasteiger charge is -2.29. The molecule has 0 spiro atoms. The SMILES string of the molecule is Brc1ccc2c(c1)C=CCN2Cc1cccc2ccccc12. The average molecular weight is 350 g/mol. The van der Waals surface area contributed by atoms with Crippen LogP contribution in [0.1, 0.15) is 11.1 Å². The molecule has 0 amide bonds. The molecule has 2 heteroatoms. The van der Waals surface area contributed by atoms with Crippen LogP contribution < -0.4 is 4.90 Å². The van der Waals surface area contributed by atoms with Gasteiger partial charge in [-0.1, -0.05) is 70.5 Å². The Bertz CT molecular complexity index is 861. The second-order valence-corrected chi connectivity index (χ2v) is 6.54. The number of hydrogen-bond donors (Lipinski definition) is 0. The second kappa shape index (κ2) is 5.62. The highest BCUT2D eigenvalue weighted by molar-refractivity contribution is 9.10. The summed E-state index contributed by atoms with van der Waals surface area (Å²) >= 11 is 3.56. The van der Waals surface area contributed by atoms with E-state index >= 15 is 0 Å². The molecular formula is C20H16BrN. The maximum absolute atomic E-state index is 3.56. The number of anilines is 1. The maximum atomic E-state index is 3.56. The summed E-state index contributed by atoms with van der Waals surface area (Å²) in [5, 5.41) is 2.65. The minimum absolute atomic E-state index is 0.931. The van der Waals surface area contributed by atoms with Gasteiger partial charge < -0.3 is 4.90 Å². The number of hydrogen-bond acceptors (Lipinski definition) is 1. The molecule has 3 aromatic rings. The van der Waals surface area contributed by atoms with Crippen molar-refractivity contribution >= 4 is 38.5 Å². The zero-order valence-electron chi connectivity index (χ0n) is 12.2. The first-order valence-corrected chi connectivity index (χ1v) is 8.28. The van der Waals surface area contributed by atoms with Gasteiger partial charge in [-0.3, -0.25) is 0 Å². The van der Waals surface area contributed by atoms with Gasteiger partial charge in [0.1, 0.15) is 0 Å². The smallest absolute Gasteiger partial charge is 0.0446 e. The van der Waals surface area contributed by atoms with Crippen molar-refractivity contribution in [3.05, 3.63) is 82.3 Å². The molecule has 1 aliphatic heterocycles. The Morgan fingerprint density at radius 3 is 2.77 bits per heavy atom. The molecule has 108 valence electrons. The van der Waals surface area contributed by atoms with E-state index < -0.39 is 0 Å². The molecule has 0 saturated heterocycles. The van der Waals surface area contributed by atoms with E-state index in [-0.39, 0.29) is 0 Å². The predicted molar refractivity (Wildman–Crippen MR) is 98.2 cm³/mol. The van der Waals surface area contributed by atoms with Gasteiger partial charge in [0.25, 0.3) is 0 Å². The minimum Gasteiger partial charge on any atom is -0.363 e. The van der Waals surface area contributed by atoms with Crippen molar-refractivity contribution in [1.82, 2.24) is 0 Å². The summed E-state index contributed by atoms with van der Waals surface area (Å²) in [6.45, 7) is 1.89. The highest BCUT2D eigenvalue weighted by Gasteiger charge is 2.14. The van der Waals surface area contributed by atoms with E-state index in [0.717, 1.165) is 17.6 Å². The van der Waals surface area contributed by atoms with Crippen molar-refractivity contribution in [3.8, 4) is 0 Å². The summed E-state index contributed by atoms with van der Waals surface area (Å²) in [4.78, 5) is 2.43. The lowest BCUT2D eigenvalue weighted by molar-refractivity contribution is 0.866. The Kier molecular flexibility index (Phi) is 3.47. The molecule has 1 aliphatic rings. The lowest BCUT2D eigenvalue weighted by Crippen LogP contribution is -2.25. The van der Waals surface area contributed by atoms with Gasteiger partial charge in [0, 0.05) is 23.2 Å². The van der Waals surface area contributed by atoms with E-state index in [4.69, 9.17) is 0 Å². The summed E-state index contributed by atoms with van der Waals surface area (Å²) in [5.41, 5.74) is 3.96. The number of fused-ring (bicyclic) bond motifs is 2. The van der Waals surface area contributed by atoms with Gasteiger partial charge in [-0.2, -0.15) is 0 Å². The molecular weight excluding hydrogens is 334 g/mol. The van der Waals surface area contributed by atoms with E-state index in [9.17, 15) is 0 Å². The molecule has 1 heterocycles. The average Bonchev–Trinajstić information content (AvgIpc) is 2.55. The molecule has 4 rings (SSSR count). The van der Waals surface area contributed by atoms with Gasteiger partial charge in [-0.15, -0.1) is 0 Å². The number of benzene rings is 3. The van der Waals surface area contributed by atoms with Gasteiger partial charge >= 0.3 is 0 Å². The van der Waals surface area contributed by atoms with Gasteiger partial charge in [-0.25, -0.2) is 0 Å².